The van der Waals surface area contributed by atoms with Crippen molar-refractivity contribution in [2.45, 2.75) is 18.6 Å². The average molecular weight is 344 g/mol. The van der Waals surface area contributed by atoms with Crippen molar-refractivity contribution in [2.75, 3.05) is 12.0 Å². The first-order valence-electron chi connectivity index (χ1n) is 7.18. The zero-order chi connectivity index (χ0) is 17.5. The van der Waals surface area contributed by atoms with Gasteiger partial charge in [0.1, 0.15) is 5.65 Å². The fourth-order valence-electron chi connectivity index (χ4n) is 2.45. The summed E-state index contributed by atoms with van der Waals surface area (Å²) in [5.41, 5.74) is 7.90. The van der Waals surface area contributed by atoms with E-state index < -0.39 is 9.84 Å². The van der Waals surface area contributed by atoms with Gasteiger partial charge in [-0.05, 0) is 18.1 Å². The minimum Gasteiger partial charge on any atom is -0.398 e. The van der Waals surface area contributed by atoms with Crippen LogP contribution in [0, 0.1) is 6.92 Å². The monoisotopic (exact) mass is 344 g/mol. The molecule has 0 saturated heterocycles. The SMILES string of the molecule is Cc1ccccc1Cn1c(=O)cc(N)c2cnc(S(C)(=O)=O)nc21. The average Bonchev–Trinajstić information content (AvgIpc) is 2.51. The van der Waals surface area contributed by atoms with E-state index in [1.54, 1.807) is 0 Å². The number of aromatic nitrogens is 3. The number of fused-ring (bicyclic) bond motifs is 1. The van der Waals surface area contributed by atoms with Crippen LogP contribution in [0.2, 0.25) is 0 Å². The number of hydrogen-bond donors (Lipinski definition) is 1. The van der Waals surface area contributed by atoms with E-state index in [9.17, 15) is 13.2 Å². The van der Waals surface area contributed by atoms with E-state index in [1.807, 2.05) is 31.2 Å². The predicted molar refractivity (Wildman–Crippen MR) is 91.6 cm³/mol. The summed E-state index contributed by atoms with van der Waals surface area (Å²) >= 11 is 0. The van der Waals surface area contributed by atoms with Crippen LogP contribution in [-0.2, 0) is 16.4 Å². The van der Waals surface area contributed by atoms with Crippen LogP contribution in [0.4, 0.5) is 5.69 Å². The van der Waals surface area contributed by atoms with Gasteiger partial charge < -0.3 is 5.73 Å². The van der Waals surface area contributed by atoms with Crippen molar-refractivity contribution in [1.82, 2.24) is 14.5 Å². The summed E-state index contributed by atoms with van der Waals surface area (Å²) in [5.74, 6) is 0. The standard InChI is InChI=1S/C16H16N4O3S/c1-10-5-3-4-6-11(10)9-20-14(21)7-13(17)12-8-18-16(19-15(12)20)24(2,22)23/h3-8H,9,17H2,1-2H3. The van der Waals surface area contributed by atoms with Crippen LogP contribution in [0.5, 0.6) is 0 Å². The Morgan fingerprint density at radius 2 is 1.96 bits per heavy atom. The highest BCUT2D eigenvalue weighted by atomic mass is 32.2. The minimum atomic E-state index is -3.60. The second-order valence-electron chi connectivity index (χ2n) is 5.61. The highest BCUT2D eigenvalue weighted by molar-refractivity contribution is 7.90. The fraction of sp³-hybridized carbons (Fsp3) is 0.188. The first kappa shape index (κ1) is 16.1. The molecule has 0 radical (unpaired) electrons. The number of pyridine rings is 1. The summed E-state index contributed by atoms with van der Waals surface area (Å²) in [7, 11) is -3.60. The van der Waals surface area contributed by atoms with Gasteiger partial charge in [0.25, 0.3) is 5.56 Å². The van der Waals surface area contributed by atoms with Crippen LogP contribution >= 0.6 is 0 Å². The number of nitrogens with zero attached hydrogens (tertiary/aromatic N) is 3. The highest BCUT2D eigenvalue weighted by Gasteiger charge is 2.16. The Morgan fingerprint density at radius 3 is 2.62 bits per heavy atom. The molecule has 0 fully saturated rings. The van der Waals surface area contributed by atoms with Gasteiger partial charge in [-0.25, -0.2) is 13.4 Å². The van der Waals surface area contributed by atoms with E-state index in [4.69, 9.17) is 5.73 Å². The maximum Gasteiger partial charge on any atom is 0.254 e. The van der Waals surface area contributed by atoms with Crippen LogP contribution < -0.4 is 11.3 Å². The molecule has 1 aromatic carbocycles. The lowest BCUT2D eigenvalue weighted by atomic mass is 10.1. The van der Waals surface area contributed by atoms with E-state index >= 15 is 0 Å². The second-order valence-corrected chi connectivity index (χ2v) is 7.52. The molecule has 0 aliphatic heterocycles. The molecule has 0 aliphatic carbocycles. The zero-order valence-corrected chi connectivity index (χ0v) is 14.0. The summed E-state index contributed by atoms with van der Waals surface area (Å²) in [4.78, 5) is 20.3. The number of benzene rings is 1. The van der Waals surface area contributed by atoms with Crippen LogP contribution in [-0.4, -0.2) is 29.2 Å². The molecule has 7 nitrogen and oxygen atoms in total. The predicted octanol–water partition coefficient (Wildman–Crippen LogP) is 1.13. The second kappa shape index (κ2) is 5.72. The molecule has 2 N–H and O–H groups in total. The summed E-state index contributed by atoms with van der Waals surface area (Å²) < 4.78 is 24.9. The lowest BCUT2D eigenvalue weighted by Gasteiger charge is -2.13. The van der Waals surface area contributed by atoms with Gasteiger partial charge in [0.05, 0.1) is 11.9 Å². The first-order chi connectivity index (χ1) is 11.3. The van der Waals surface area contributed by atoms with Crippen LogP contribution in [0.15, 0.2) is 46.5 Å². The Morgan fingerprint density at radius 1 is 1.25 bits per heavy atom. The third-order valence-electron chi connectivity index (χ3n) is 3.78. The quantitative estimate of drug-likeness (QED) is 0.714. The molecule has 0 aliphatic rings. The van der Waals surface area contributed by atoms with Crippen molar-refractivity contribution in [3.05, 3.63) is 58.0 Å². The molecule has 0 unspecified atom stereocenters. The molecule has 0 atom stereocenters. The first-order valence-corrected chi connectivity index (χ1v) is 9.07. The maximum absolute atomic E-state index is 12.4. The number of rotatable bonds is 3. The van der Waals surface area contributed by atoms with E-state index in [-0.39, 0.29) is 28.6 Å². The van der Waals surface area contributed by atoms with Gasteiger partial charge in [0, 0.05) is 24.2 Å². The van der Waals surface area contributed by atoms with E-state index in [0.29, 0.717) is 5.39 Å². The molecular formula is C16H16N4O3S. The normalized spacial score (nSPS) is 11.8. The Kier molecular flexibility index (Phi) is 3.84. The van der Waals surface area contributed by atoms with Crippen molar-refractivity contribution in [3.8, 4) is 0 Å². The lowest BCUT2D eigenvalue weighted by molar-refractivity contribution is 0.593. The van der Waals surface area contributed by atoms with Crippen LogP contribution in [0.25, 0.3) is 11.0 Å². The molecule has 3 aromatic rings. The Labute approximate surface area is 138 Å². The smallest absolute Gasteiger partial charge is 0.254 e. The number of sulfone groups is 1. The lowest BCUT2D eigenvalue weighted by Crippen LogP contribution is -2.23. The summed E-state index contributed by atoms with van der Waals surface area (Å²) in [6.07, 6.45) is 2.35. The van der Waals surface area contributed by atoms with E-state index in [0.717, 1.165) is 17.4 Å². The van der Waals surface area contributed by atoms with Crippen molar-refractivity contribution in [1.29, 1.82) is 0 Å². The fourth-order valence-corrected chi connectivity index (χ4v) is 2.95. The maximum atomic E-state index is 12.4. The number of nitrogens with two attached hydrogens (primary N) is 1. The van der Waals surface area contributed by atoms with Gasteiger partial charge in [-0.2, -0.15) is 4.98 Å². The third kappa shape index (κ3) is 2.88. The van der Waals surface area contributed by atoms with Crippen molar-refractivity contribution < 1.29 is 8.42 Å². The molecule has 3 rings (SSSR count). The van der Waals surface area contributed by atoms with Gasteiger partial charge in [-0.1, -0.05) is 24.3 Å². The van der Waals surface area contributed by atoms with E-state index in [2.05, 4.69) is 9.97 Å². The summed E-state index contributed by atoms with van der Waals surface area (Å²) in [6, 6.07) is 8.93. The topological polar surface area (TPSA) is 108 Å². The molecule has 0 spiro atoms. The Bertz CT molecular complexity index is 1100. The third-order valence-corrected chi connectivity index (χ3v) is 4.64. The van der Waals surface area contributed by atoms with Crippen molar-refractivity contribution >= 4 is 26.6 Å². The molecule has 0 saturated carbocycles. The summed E-state index contributed by atoms with van der Waals surface area (Å²) in [5, 5.41) is 0.106. The Hall–Kier alpha value is -2.74. The number of anilines is 1. The molecular weight excluding hydrogens is 328 g/mol. The minimum absolute atomic E-state index is 0.207. The van der Waals surface area contributed by atoms with Crippen LogP contribution in [0.1, 0.15) is 11.1 Å². The number of nitrogen functional groups attached to an aromatic ring is 1. The van der Waals surface area contributed by atoms with Gasteiger partial charge in [0.2, 0.25) is 15.0 Å². The van der Waals surface area contributed by atoms with Gasteiger partial charge in [-0.15, -0.1) is 0 Å². The molecule has 24 heavy (non-hydrogen) atoms. The van der Waals surface area contributed by atoms with Crippen molar-refractivity contribution in [2.24, 2.45) is 0 Å². The van der Waals surface area contributed by atoms with Crippen LogP contribution in [0.3, 0.4) is 0 Å². The molecule has 2 aromatic heterocycles. The van der Waals surface area contributed by atoms with E-state index in [1.165, 1.54) is 16.8 Å². The van der Waals surface area contributed by atoms with Crippen molar-refractivity contribution in [3.63, 3.8) is 0 Å². The summed E-state index contributed by atoms with van der Waals surface area (Å²) in [6.45, 7) is 2.21. The molecule has 0 amide bonds. The zero-order valence-electron chi connectivity index (χ0n) is 13.2. The van der Waals surface area contributed by atoms with Gasteiger partial charge in [0.15, 0.2) is 0 Å². The molecule has 2 heterocycles. The molecule has 8 heteroatoms. The van der Waals surface area contributed by atoms with Gasteiger partial charge >= 0.3 is 0 Å². The molecule has 0 bridgehead atoms. The largest absolute Gasteiger partial charge is 0.398 e. The Balaban J connectivity index is 2.30. The van der Waals surface area contributed by atoms with Gasteiger partial charge in [-0.3, -0.25) is 9.36 Å². The number of aryl methyl sites for hydroxylation is 1. The molecule has 124 valence electrons. The highest BCUT2D eigenvalue weighted by Crippen LogP contribution is 2.19. The number of hydrogen-bond acceptors (Lipinski definition) is 6.